The summed E-state index contributed by atoms with van der Waals surface area (Å²) in [5.41, 5.74) is 6.00. The zero-order valence-corrected chi connectivity index (χ0v) is 7.29. The quantitative estimate of drug-likeness (QED) is 0.675. The number of nitrogens with zero attached hydrogens (tertiary/aromatic N) is 1. The van der Waals surface area contributed by atoms with Gasteiger partial charge in [0.2, 0.25) is 0 Å². The van der Waals surface area contributed by atoms with E-state index in [0.29, 0.717) is 23.7 Å². The molecule has 0 aliphatic carbocycles. The van der Waals surface area contributed by atoms with Gasteiger partial charge in [-0.05, 0) is 12.3 Å². The first-order valence-corrected chi connectivity index (χ1v) is 3.93. The number of H-pyrrole nitrogens is 1. The van der Waals surface area contributed by atoms with Crippen molar-refractivity contribution < 1.29 is 0 Å². The normalized spacial score (nSPS) is 10.6. The molecule has 0 radical (unpaired) electrons. The molecule has 0 saturated heterocycles. The van der Waals surface area contributed by atoms with Crippen LogP contribution < -0.4 is 11.3 Å². The highest BCUT2D eigenvalue weighted by atomic mass is 16.1. The first-order chi connectivity index (χ1) is 5.61. The molecule has 1 aromatic heterocycles. The maximum absolute atomic E-state index is 11.2. The van der Waals surface area contributed by atoms with E-state index in [4.69, 9.17) is 5.73 Å². The van der Waals surface area contributed by atoms with Crippen LogP contribution in [-0.2, 0) is 6.42 Å². The first-order valence-electron chi connectivity index (χ1n) is 3.93. The average Bonchev–Trinajstić information content (AvgIpc) is 1.97. The summed E-state index contributed by atoms with van der Waals surface area (Å²) in [5.74, 6) is 0.755. The summed E-state index contributed by atoms with van der Waals surface area (Å²) in [6.07, 6.45) is 2.00. The van der Waals surface area contributed by atoms with Crippen molar-refractivity contribution in [2.45, 2.75) is 20.3 Å². The van der Waals surface area contributed by atoms with Crippen LogP contribution in [-0.4, -0.2) is 9.97 Å². The smallest absolute Gasteiger partial charge is 0.256 e. The van der Waals surface area contributed by atoms with Gasteiger partial charge in [-0.2, -0.15) is 0 Å². The van der Waals surface area contributed by atoms with Crippen molar-refractivity contribution in [3.05, 3.63) is 22.2 Å². The van der Waals surface area contributed by atoms with Crippen LogP contribution in [0.1, 0.15) is 19.4 Å². The third-order valence-electron chi connectivity index (χ3n) is 1.59. The Morgan fingerprint density at radius 1 is 1.67 bits per heavy atom. The molecular weight excluding hydrogens is 154 g/mol. The predicted octanol–water partition coefficient (Wildman–Crippen LogP) is 0.551. The Morgan fingerprint density at radius 2 is 2.33 bits per heavy atom. The Bertz CT molecular complexity index is 316. The summed E-state index contributed by atoms with van der Waals surface area (Å²) < 4.78 is 0. The zero-order chi connectivity index (χ0) is 9.14. The van der Waals surface area contributed by atoms with E-state index in [9.17, 15) is 4.79 Å². The SMILES string of the molecule is CC(C)Cc1c(N)nc[nH]c1=O. The van der Waals surface area contributed by atoms with E-state index < -0.39 is 0 Å². The van der Waals surface area contributed by atoms with Crippen molar-refractivity contribution >= 4 is 5.82 Å². The Labute approximate surface area is 70.8 Å². The number of anilines is 1. The molecular formula is C8H13N3O. The molecule has 12 heavy (non-hydrogen) atoms. The fourth-order valence-electron chi connectivity index (χ4n) is 1.05. The maximum atomic E-state index is 11.2. The summed E-state index contributed by atoms with van der Waals surface area (Å²) >= 11 is 0. The molecule has 3 N–H and O–H groups in total. The van der Waals surface area contributed by atoms with Gasteiger partial charge in [0.15, 0.2) is 0 Å². The van der Waals surface area contributed by atoms with E-state index in [0.717, 1.165) is 0 Å². The number of aromatic amines is 1. The van der Waals surface area contributed by atoms with Crippen LogP contribution in [0.25, 0.3) is 0 Å². The molecule has 1 aromatic rings. The highest BCUT2D eigenvalue weighted by Crippen LogP contribution is 2.07. The fraction of sp³-hybridized carbons (Fsp3) is 0.500. The third-order valence-corrected chi connectivity index (χ3v) is 1.59. The van der Waals surface area contributed by atoms with Crippen molar-refractivity contribution in [1.29, 1.82) is 0 Å². The van der Waals surface area contributed by atoms with Crippen molar-refractivity contribution in [3.8, 4) is 0 Å². The van der Waals surface area contributed by atoms with Gasteiger partial charge in [-0.25, -0.2) is 4.98 Å². The maximum Gasteiger partial charge on any atom is 0.256 e. The number of hydrogen-bond donors (Lipinski definition) is 2. The number of hydrogen-bond acceptors (Lipinski definition) is 3. The molecule has 1 heterocycles. The second-order valence-corrected chi connectivity index (χ2v) is 3.19. The zero-order valence-electron chi connectivity index (χ0n) is 7.29. The van der Waals surface area contributed by atoms with Gasteiger partial charge in [-0.1, -0.05) is 13.8 Å². The van der Waals surface area contributed by atoms with E-state index in [2.05, 4.69) is 9.97 Å². The lowest BCUT2D eigenvalue weighted by Gasteiger charge is -2.04. The van der Waals surface area contributed by atoms with Crippen LogP contribution in [0.5, 0.6) is 0 Å². The molecule has 0 spiro atoms. The number of rotatable bonds is 2. The number of aromatic nitrogens is 2. The topological polar surface area (TPSA) is 71.8 Å². The standard InChI is InChI=1S/C8H13N3O/c1-5(2)3-6-7(9)10-4-11-8(6)12/h4-5H,3H2,1-2H3,(H3,9,10,11,12). The van der Waals surface area contributed by atoms with Gasteiger partial charge in [-0.15, -0.1) is 0 Å². The monoisotopic (exact) mass is 167 g/mol. The number of nitrogens with one attached hydrogen (secondary N) is 1. The molecule has 0 fully saturated rings. The predicted molar refractivity (Wildman–Crippen MR) is 47.8 cm³/mol. The molecule has 4 heteroatoms. The second-order valence-electron chi connectivity index (χ2n) is 3.19. The van der Waals surface area contributed by atoms with Gasteiger partial charge >= 0.3 is 0 Å². The molecule has 4 nitrogen and oxygen atoms in total. The molecule has 0 bridgehead atoms. The summed E-state index contributed by atoms with van der Waals surface area (Å²) in [5, 5.41) is 0. The minimum Gasteiger partial charge on any atom is -0.383 e. The molecule has 0 amide bonds. The van der Waals surface area contributed by atoms with Crippen LogP contribution >= 0.6 is 0 Å². The number of nitrogens with two attached hydrogens (primary N) is 1. The van der Waals surface area contributed by atoms with Crippen molar-refractivity contribution in [1.82, 2.24) is 9.97 Å². The number of nitrogen functional groups attached to an aromatic ring is 1. The highest BCUT2D eigenvalue weighted by Gasteiger charge is 2.06. The van der Waals surface area contributed by atoms with Gasteiger partial charge in [0.05, 0.1) is 11.9 Å². The Hall–Kier alpha value is -1.32. The highest BCUT2D eigenvalue weighted by molar-refractivity contribution is 5.36. The molecule has 0 saturated carbocycles. The second kappa shape index (κ2) is 3.38. The third kappa shape index (κ3) is 1.84. The fourth-order valence-corrected chi connectivity index (χ4v) is 1.05. The Kier molecular flexibility index (Phi) is 2.47. The summed E-state index contributed by atoms with van der Waals surface area (Å²) in [6, 6.07) is 0. The minimum absolute atomic E-state index is 0.129. The van der Waals surface area contributed by atoms with E-state index in [1.807, 2.05) is 13.8 Å². The van der Waals surface area contributed by atoms with Gasteiger partial charge < -0.3 is 10.7 Å². The summed E-state index contributed by atoms with van der Waals surface area (Å²) in [4.78, 5) is 17.5. The summed E-state index contributed by atoms with van der Waals surface area (Å²) in [7, 11) is 0. The molecule has 1 rings (SSSR count). The molecule has 0 aliphatic rings. The Morgan fingerprint density at radius 3 is 2.83 bits per heavy atom. The first kappa shape index (κ1) is 8.77. The van der Waals surface area contributed by atoms with E-state index in [1.165, 1.54) is 6.33 Å². The molecule has 66 valence electrons. The van der Waals surface area contributed by atoms with Crippen molar-refractivity contribution in [3.63, 3.8) is 0 Å². The molecule has 0 aromatic carbocycles. The van der Waals surface area contributed by atoms with E-state index >= 15 is 0 Å². The van der Waals surface area contributed by atoms with Gasteiger partial charge in [-0.3, -0.25) is 4.79 Å². The van der Waals surface area contributed by atoms with Gasteiger partial charge in [0, 0.05) is 0 Å². The van der Waals surface area contributed by atoms with Crippen molar-refractivity contribution in [2.24, 2.45) is 5.92 Å². The van der Waals surface area contributed by atoms with Crippen LogP contribution in [0.3, 0.4) is 0 Å². The summed E-state index contributed by atoms with van der Waals surface area (Å²) in [6.45, 7) is 4.07. The van der Waals surface area contributed by atoms with E-state index in [-0.39, 0.29) is 5.56 Å². The molecule has 0 atom stereocenters. The average molecular weight is 167 g/mol. The van der Waals surface area contributed by atoms with Crippen LogP contribution in [0.2, 0.25) is 0 Å². The van der Waals surface area contributed by atoms with Crippen molar-refractivity contribution in [2.75, 3.05) is 5.73 Å². The lowest BCUT2D eigenvalue weighted by molar-refractivity contribution is 0.641. The Balaban J connectivity index is 3.05. The van der Waals surface area contributed by atoms with Crippen LogP contribution in [0.15, 0.2) is 11.1 Å². The van der Waals surface area contributed by atoms with Crippen LogP contribution in [0, 0.1) is 5.92 Å². The van der Waals surface area contributed by atoms with E-state index in [1.54, 1.807) is 0 Å². The largest absolute Gasteiger partial charge is 0.383 e. The lowest BCUT2D eigenvalue weighted by atomic mass is 10.1. The van der Waals surface area contributed by atoms with Crippen LogP contribution in [0.4, 0.5) is 5.82 Å². The minimum atomic E-state index is -0.129. The lowest BCUT2D eigenvalue weighted by Crippen LogP contribution is -2.17. The molecule has 0 unspecified atom stereocenters. The van der Waals surface area contributed by atoms with Gasteiger partial charge in [0.1, 0.15) is 5.82 Å². The van der Waals surface area contributed by atoms with Gasteiger partial charge in [0.25, 0.3) is 5.56 Å². The molecule has 0 aliphatic heterocycles.